The zero-order chi connectivity index (χ0) is 14.8. The summed E-state index contributed by atoms with van der Waals surface area (Å²) in [5.41, 5.74) is 0. The van der Waals surface area contributed by atoms with Gasteiger partial charge >= 0.3 is 12.0 Å². The number of carbonyl (C=O) groups is 2. The summed E-state index contributed by atoms with van der Waals surface area (Å²) in [6.07, 6.45) is 5.44. The van der Waals surface area contributed by atoms with Crippen molar-refractivity contribution < 1.29 is 19.4 Å². The van der Waals surface area contributed by atoms with Crippen molar-refractivity contribution in [1.29, 1.82) is 0 Å². The molecule has 1 saturated carbocycles. The first-order chi connectivity index (χ1) is 9.63. The van der Waals surface area contributed by atoms with Gasteiger partial charge in [-0.2, -0.15) is 0 Å². The Kier molecular flexibility index (Phi) is 8.02. The van der Waals surface area contributed by atoms with Gasteiger partial charge in [0.1, 0.15) is 6.04 Å². The first-order valence-corrected chi connectivity index (χ1v) is 7.48. The summed E-state index contributed by atoms with van der Waals surface area (Å²) in [6, 6.07) is -1.23. The van der Waals surface area contributed by atoms with E-state index in [9.17, 15) is 9.59 Å². The van der Waals surface area contributed by atoms with Crippen LogP contribution in [0.2, 0.25) is 0 Å². The summed E-state index contributed by atoms with van der Waals surface area (Å²) >= 11 is 0. The van der Waals surface area contributed by atoms with Gasteiger partial charge in [-0.25, -0.2) is 9.59 Å². The summed E-state index contributed by atoms with van der Waals surface area (Å²) in [5, 5.41) is 14.1. The maximum Gasteiger partial charge on any atom is 0.326 e. The van der Waals surface area contributed by atoms with Crippen LogP contribution in [0.25, 0.3) is 0 Å². The fourth-order valence-corrected chi connectivity index (χ4v) is 1.79. The lowest BCUT2D eigenvalue weighted by molar-refractivity contribution is -0.139. The molecule has 1 atom stereocenters. The average molecular weight is 286 g/mol. The van der Waals surface area contributed by atoms with Crippen LogP contribution in [0.15, 0.2) is 0 Å². The van der Waals surface area contributed by atoms with Crippen LogP contribution in [0.1, 0.15) is 45.4 Å². The Bertz CT molecular complexity index is 306. The first-order valence-electron chi connectivity index (χ1n) is 7.48. The molecule has 1 aliphatic rings. The number of rotatable bonds is 11. The van der Waals surface area contributed by atoms with Crippen molar-refractivity contribution in [2.45, 2.75) is 51.5 Å². The van der Waals surface area contributed by atoms with Gasteiger partial charge in [-0.3, -0.25) is 0 Å². The number of amides is 2. The van der Waals surface area contributed by atoms with Gasteiger partial charge < -0.3 is 20.5 Å². The van der Waals surface area contributed by atoms with E-state index in [4.69, 9.17) is 9.84 Å². The van der Waals surface area contributed by atoms with Crippen LogP contribution in [-0.2, 0) is 9.53 Å². The minimum absolute atomic E-state index is 0.421. The van der Waals surface area contributed by atoms with Crippen molar-refractivity contribution in [2.75, 3.05) is 19.8 Å². The van der Waals surface area contributed by atoms with Crippen molar-refractivity contribution in [3.05, 3.63) is 0 Å². The Morgan fingerprint density at radius 2 is 2.10 bits per heavy atom. The van der Waals surface area contributed by atoms with E-state index < -0.39 is 18.0 Å². The molecule has 0 aliphatic heterocycles. The third kappa shape index (κ3) is 7.99. The topological polar surface area (TPSA) is 87.7 Å². The van der Waals surface area contributed by atoms with Gasteiger partial charge in [0.25, 0.3) is 0 Å². The maximum atomic E-state index is 11.5. The van der Waals surface area contributed by atoms with E-state index in [-0.39, 0.29) is 0 Å². The molecule has 3 N–H and O–H groups in total. The molecule has 0 saturated heterocycles. The number of nitrogens with one attached hydrogen (secondary N) is 2. The second-order valence-electron chi connectivity index (χ2n) is 5.31. The van der Waals surface area contributed by atoms with Gasteiger partial charge in [-0.05, 0) is 31.6 Å². The molecule has 0 aromatic heterocycles. The highest BCUT2D eigenvalue weighted by molar-refractivity contribution is 5.82. The van der Waals surface area contributed by atoms with Crippen LogP contribution < -0.4 is 10.6 Å². The predicted octanol–water partition coefficient (Wildman–Crippen LogP) is 1.75. The fraction of sp³-hybridized carbons (Fsp3) is 0.857. The zero-order valence-corrected chi connectivity index (χ0v) is 12.2. The summed E-state index contributed by atoms with van der Waals surface area (Å²) in [7, 11) is 0. The smallest absolute Gasteiger partial charge is 0.326 e. The third-order valence-corrected chi connectivity index (χ3v) is 3.25. The predicted molar refractivity (Wildman–Crippen MR) is 75.6 cm³/mol. The molecule has 6 heteroatoms. The molecule has 20 heavy (non-hydrogen) atoms. The molecule has 1 unspecified atom stereocenters. The monoisotopic (exact) mass is 286 g/mol. The molecular formula is C14H26N2O4. The molecule has 0 aromatic rings. The third-order valence-electron chi connectivity index (χ3n) is 3.25. The lowest BCUT2D eigenvalue weighted by atomic mass is 10.1. The van der Waals surface area contributed by atoms with E-state index in [0.29, 0.717) is 19.6 Å². The minimum atomic E-state index is -0.985. The van der Waals surface area contributed by atoms with Crippen LogP contribution in [0.3, 0.4) is 0 Å². The van der Waals surface area contributed by atoms with Crippen molar-refractivity contribution in [3.8, 4) is 0 Å². The first kappa shape index (κ1) is 16.8. The maximum absolute atomic E-state index is 11.5. The van der Waals surface area contributed by atoms with Gasteiger partial charge in [0.2, 0.25) is 0 Å². The molecule has 116 valence electrons. The lowest BCUT2D eigenvalue weighted by Gasteiger charge is -2.14. The minimum Gasteiger partial charge on any atom is -0.480 e. The Labute approximate surface area is 120 Å². The molecular weight excluding hydrogens is 260 g/mol. The molecule has 0 radical (unpaired) electrons. The number of carboxylic acid groups (broad SMARTS) is 1. The SMILES string of the molecule is CCCCC(NC(=O)NCCCOCC1CC1)C(=O)O. The Balaban J connectivity index is 2.02. The van der Waals surface area contributed by atoms with Crippen molar-refractivity contribution in [2.24, 2.45) is 5.92 Å². The highest BCUT2D eigenvalue weighted by Gasteiger charge is 2.21. The summed E-state index contributed by atoms with van der Waals surface area (Å²) in [6.45, 7) is 3.94. The van der Waals surface area contributed by atoms with E-state index in [1.54, 1.807) is 0 Å². The summed E-state index contributed by atoms with van der Waals surface area (Å²) in [5.74, 6) is -0.234. The van der Waals surface area contributed by atoms with E-state index >= 15 is 0 Å². The number of ether oxygens (including phenoxy) is 1. The summed E-state index contributed by atoms with van der Waals surface area (Å²) < 4.78 is 5.45. The van der Waals surface area contributed by atoms with Gasteiger partial charge in [0, 0.05) is 19.8 Å². The summed E-state index contributed by atoms with van der Waals surface area (Å²) in [4.78, 5) is 22.5. The Hall–Kier alpha value is -1.30. The second kappa shape index (κ2) is 9.58. The number of hydrogen-bond acceptors (Lipinski definition) is 3. The molecule has 6 nitrogen and oxygen atoms in total. The number of aliphatic carboxylic acids is 1. The van der Waals surface area contributed by atoms with E-state index in [1.807, 2.05) is 6.92 Å². The highest BCUT2D eigenvalue weighted by Crippen LogP contribution is 2.28. The quantitative estimate of drug-likeness (QED) is 0.505. The van der Waals surface area contributed by atoms with Gasteiger partial charge in [-0.15, -0.1) is 0 Å². The number of carbonyl (C=O) groups excluding carboxylic acids is 1. The molecule has 0 aromatic carbocycles. The van der Waals surface area contributed by atoms with E-state index in [2.05, 4.69) is 10.6 Å². The van der Waals surface area contributed by atoms with Crippen LogP contribution in [-0.4, -0.2) is 42.9 Å². The number of unbranched alkanes of at least 4 members (excludes halogenated alkanes) is 1. The van der Waals surface area contributed by atoms with Crippen molar-refractivity contribution in [1.82, 2.24) is 10.6 Å². The Morgan fingerprint density at radius 3 is 2.70 bits per heavy atom. The standard InChI is InChI=1S/C14H26N2O4/c1-2-3-5-12(13(17)18)16-14(19)15-8-4-9-20-10-11-6-7-11/h11-12H,2-10H2,1H3,(H,17,18)(H2,15,16,19). The molecule has 1 fully saturated rings. The van der Waals surface area contributed by atoms with Crippen LogP contribution in [0, 0.1) is 5.92 Å². The molecule has 1 rings (SSSR count). The normalized spacial score (nSPS) is 15.7. The molecule has 0 heterocycles. The largest absolute Gasteiger partial charge is 0.480 e. The average Bonchev–Trinajstić information content (AvgIpc) is 3.22. The van der Waals surface area contributed by atoms with Gasteiger partial charge in [0.05, 0.1) is 0 Å². The molecule has 1 aliphatic carbocycles. The van der Waals surface area contributed by atoms with Crippen LogP contribution in [0.5, 0.6) is 0 Å². The van der Waals surface area contributed by atoms with Gasteiger partial charge in [0.15, 0.2) is 0 Å². The van der Waals surface area contributed by atoms with Crippen LogP contribution >= 0.6 is 0 Å². The zero-order valence-electron chi connectivity index (χ0n) is 12.2. The molecule has 2 amide bonds. The Morgan fingerprint density at radius 1 is 1.35 bits per heavy atom. The number of hydrogen-bond donors (Lipinski definition) is 3. The van der Waals surface area contributed by atoms with Gasteiger partial charge in [-0.1, -0.05) is 19.8 Å². The van der Waals surface area contributed by atoms with E-state index in [0.717, 1.165) is 31.8 Å². The lowest BCUT2D eigenvalue weighted by Crippen LogP contribution is -2.46. The molecule has 0 spiro atoms. The highest BCUT2D eigenvalue weighted by atomic mass is 16.5. The van der Waals surface area contributed by atoms with Crippen LogP contribution in [0.4, 0.5) is 4.79 Å². The second-order valence-corrected chi connectivity index (χ2v) is 5.31. The number of carboxylic acids is 1. The number of urea groups is 1. The van der Waals surface area contributed by atoms with E-state index in [1.165, 1.54) is 12.8 Å². The van der Waals surface area contributed by atoms with Crippen molar-refractivity contribution in [3.63, 3.8) is 0 Å². The fourth-order valence-electron chi connectivity index (χ4n) is 1.79. The molecule has 0 bridgehead atoms. The van der Waals surface area contributed by atoms with Crippen molar-refractivity contribution >= 4 is 12.0 Å².